The number of carbonyl (C=O) groups is 1. The fraction of sp³-hybridized carbons (Fsp3) is 0.364. The molecule has 1 rings (SSSR count). The quantitative estimate of drug-likeness (QED) is 0.755. The molecule has 0 bridgehead atoms. The number of nitrogens with one attached hydrogen (secondary N) is 1. The Kier molecular flexibility index (Phi) is 5.04. The Bertz CT molecular complexity index is 311. The molecule has 82 valence electrons. The topological polar surface area (TPSA) is 38.3 Å². The van der Waals surface area contributed by atoms with Gasteiger partial charge in [0.2, 0.25) is 5.91 Å². The third-order valence-corrected chi connectivity index (χ3v) is 2.01. The number of rotatable bonds is 5. The Labute approximate surface area is 95.2 Å². The summed E-state index contributed by atoms with van der Waals surface area (Å²) in [6.07, 6.45) is 0.427. The SMILES string of the molecule is CCOc1ccc(NC(=O)CCS)cc1. The molecule has 0 saturated heterocycles. The van der Waals surface area contributed by atoms with Crippen molar-refractivity contribution in [2.75, 3.05) is 17.7 Å². The van der Waals surface area contributed by atoms with Gasteiger partial charge in [0.25, 0.3) is 0 Å². The van der Waals surface area contributed by atoms with Gasteiger partial charge in [-0.1, -0.05) is 0 Å². The smallest absolute Gasteiger partial charge is 0.225 e. The van der Waals surface area contributed by atoms with Crippen LogP contribution < -0.4 is 10.1 Å². The molecule has 1 aromatic carbocycles. The summed E-state index contributed by atoms with van der Waals surface area (Å²) in [7, 11) is 0. The first-order chi connectivity index (χ1) is 7.26. The zero-order valence-corrected chi connectivity index (χ0v) is 9.59. The molecule has 0 radical (unpaired) electrons. The van der Waals surface area contributed by atoms with E-state index < -0.39 is 0 Å². The highest BCUT2D eigenvalue weighted by Crippen LogP contribution is 2.15. The van der Waals surface area contributed by atoms with Crippen LogP contribution in [0, 0.1) is 0 Å². The third kappa shape index (κ3) is 4.25. The van der Waals surface area contributed by atoms with Crippen molar-refractivity contribution in [2.24, 2.45) is 0 Å². The molecule has 0 unspecified atom stereocenters. The van der Waals surface area contributed by atoms with Gasteiger partial charge in [0.15, 0.2) is 0 Å². The zero-order valence-electron chi connectivity index (χ0n) is 8.69. The fourth-order valence-corrected chi connectivity index (χ4v) is 1.33. The lowest BCUT2D eigenvalue weighted by Crippen LogP contribution is -2.11. The predicted octanol–water partition coefficient (Wildman–Crippen LogP) is 2.34. The van der Waals surface area contributed by atoms with Crippen LogP contribution in [0.3, 0.4) is 0 Å². The number of thiol groups is 1. The second-order valence-electron chi connectivity index (χ2n) is 2.98. The Balaban J connectivity index is 2.52. The second kappa shape index (κ2) is 6.35. The highest BCUT2D eigenvalue weighted by Gasteiger charge is 2.00. The van der Waals surface area contributed by atoms with Crippen molar-refractivity contribution in [3.8, 4) is 5.75 Å². The summed E-state index contributed by atoms with van der Waals surface area (Å²) in [5.41, 5.74) is 0.783. The molecule has 15 heavy (non-hydrogen) atoms. The van der Waals surface area contributed by atoms with Crippen LogP contribution in [0.25, 0.3) is 0 Å². The van der Waals surface area contributed by atoms with Crippen molar-refractivity contribution < 1.29 is 9.53 Å². The molecule has 0 heterocycles. The maximum Gasteiger partial charge on any atom is 0.225 e. The summed E-state index contributed by atoms with van der Waals surface area (Å²) in [6, 6.07) is 7.31. The predicted molar refractivity (Wildman–Crippen MR) is 64.7 cm³/mol. The van der Waals surface area contributed by atoms with Crippen molar-refractivity contribution in [1.29, 1.82) is 0 Å². The Morgan fingerprint density at radius 1 is 1.40 bits per heavy atom. The minimum atomic E-state index is -0.0193. The molecule has 0 saturated carbocycles. The van der Waals surface area contributed by atoms with Crippen LogP contribution in [-0.2, 0) is 4.79 Å². The molecule has 0 aliphatic carbocycles. The molecule has 1 N–H and O–H groups in total. The van der Waals surface area contributed by atoms with Gasteiger partial charge in [-0.2, -0.15) is 12.6 Å². The molecule has 0 atom stereocenters. The number of ether oxygens (including phenoxy) is 1. The third-order valence-electron chi connectivity index (χ3n) is 1.79. The van der Waals surface area contributed by atoms with Gasteiger partial charge in [-0.05, 0) is 36.9 Å². The van der Waals surface area contributed by atoms with Crippen molar-refractivity contribution in [2.45, 2.75) is 13.3 Å². The standard InChI is InChI=1S/C11H15NO2S/c1-2-14-10-5-3-9(4-6-10)12-11(13)7-8-15/h3-6,15H,2,7-8H2,1H3,(H,12,13). The van der Waals surface area contributed by atoms with Crippen LogP contribution in [0.5, 0.6) is 5.75 Å². The van der Waals surface area contributed by atoms with Crippen LogP contribution in [0.1, 0.15) is 13.3 Å². The first kappa shape index (κ1) is 11.9. The van der Waals surface area contributed by atoms with Gasteiger partial charge in [-0.3, -0.25) is 4.79 Å². The van der Waals surface area contributed by atoms with Crippen molar-refractivity contribution in [1.82, 2.24) is 0 Å². The summed E-state index contributed by atoms with van der Waals surface area (Å²) in [6.45, 7) is 2.58. The maximum atomic E-state index is 11.2. The molecular weight excluding hydrogens is 210 g/mol. The highest BCUT2D eigenvalue weighted by molar-refractivity contribution is 7.80. The van der Waals surface area contributed by atoms with E-state index in [0.29, 0.717) is 18.8 Å². The average Bonchev–Trinajstić information content (AvgIpc) is 2.22. The molecule has 0 aliphatic heterocycles. The van der Waals surface area contributed by atoms with E-state index in [1.807, 2.05) is 31.2 Å². The number of amides is 1. The summed E-state index contributed by atoms with van der Waals surface area (Å²) in [5.74, 6) is 1.35. The zero-order chi connectivity index (χ0) is 11.1. The fourth-order valence-electron chi connectivity index (χ4n) is 1.13. The van der Waals surface area contributed by atoms with Gasteiger partial charge >= 0.3 is 0 Å². The molecule has 0 spiro atoms. The maximum absolute atomic E-state index is 11.2. The lowest BCUT2D eigenvalue weighted by atomic mass is 10.3. The number of anilines is 1. The van der Waals surface area contributed by atoms with E-state index in [4.69, 9.17) is 4.74 Å². The molecule has 1 aromatic rings. The van der Waals surface area contributed by atoms with E-state index in [-0.39, 0.29) is 5.91 Å². The highest BCUT2D eigenvalue weighted by atomic mass is 32.1. The minimum absolute atomic E-state index is 0.0193. The summed E-state index contributed by atoms with van der Waals surface area (Å²) in [4.78, 5) is 11.2. The van der Waals surface area contributed by atoms with Gasteiger partial charge in [0, 0.05) is 12.1 Å². The van der Waals surface area contributed by atoms with Crippen LogP contribution in [0.2, 0.25) is 0 Å². The first-order valence-electron chi connectivity index (χ1n) is 4.90. The van der Waals surface area contributed by atoms with Crippen LogP contribution >= 0.6 is 12.6 Å². The Morgan fingerprint density at radius 3 is 2.60 bits per heavy atom. The summed E-state index contributed by atoms with van der Waals surface area (Å²) >= 11 is 3.99. The van der Waals surface area contributed by atoms with Gasteiger partial charge in [0.1, 0.15) is 5.75 Å². The van der Waals surface area contributed by atoms with E-state index in [2.05, 4.69) is 17.9 Å². The van der Waals surface area contributed by atoms with Crippen LogP contribution in [0.15, 0.2) is 24.3 Å². The normalized spacial score (nSPS) is 9.73. The van der Waals surface area contributed by atoms with Gasteiger partial charge in [0.05, 0.1) is 6.61 Å². The number of carbonyl (C=O) groups excluding carboxylic acids is 1. The van der Waals surface area contributed by atoms with Crippen LogP contribution in [-0.4, -0.2) is 18.3 Å². The molecule has 1 amide bonds. The molecule has 4 heteroatoms. The van der Waals surface area contributed by atoms with E-state index in [1.54, 1.807) is 0 Å². The lowest BCUT2D eigenvalue weighted by molar-refractivity contribution is -0.115. The second-order valence-corrected chi connectivity index (χ2v) is 3.43. The largest absolute Gasteiger partial charge is 0.494 e. The molecule has 3 nitrogen and oxygen atoms in total. The first-order valence-corrected chi connectivity index (χ1v) is 5.53. The van der Waals surface area contributed by atoms with E-state index >= 15 is 0 Å². The monoisotopic (exact) mass is 225 g/mol. The molecule has 0 aromatic heterocycles. The molecule has 0 fully saturated rings. The van der Waals surface area contributed by atoms with Crippen molar-refractivity contribution in [3.63, 3.8) is 0 Å². The summed E-state index contributed by atoms with van der Waals surface area (Å²) < 4.78 is 5.29. The van der Waals surface area contributed by atoms with Crippen LogP contribution in [0.4, 0.5) is 5.69 Å². The van der Waals surface area contributed by atoms with Gasteiger partial charge in [-0.15, -0.1) is 0 Å². The Hall–Kier alpha value is -1.16. The molecular formula is C11H15NO2S. The summed E-state index contributed by atoms with van der Waals surface area (Å²) in [5, 5.41) is 2.77. The van der Waals surface area contributed by atoms with Crippen molar-refractivity contribution in [3.05, 3.63) is 24.3 Å². The number of hydrogen-bond donors (Lipinski definition) is 2. The van der Waals surface area contributed by atoms with Crippen molar-refractivity contribution >= 4 is 24.2 Å². The van der Waals surface area contributed by atoms with Gasteiger partial charge < -0.3 is 10.1 Å². The lowest BCUT2D eigenvalue weighted by Gasteiger charge is -2.06. The Morgan fingerprint density at radius 2 is 2.07 bits per heavy atom. The van der Waals surface area contributed by atoms with Gasteiger partial charge in [-0.25, -0.2) is 0 Å². The average molecular weight is 225 g/mol. The van der Waals surface area contributed by atoms with E-state index in [0.717, 1.165) is 11.4 Å². The van der Waals surface area contributed by atoms with E-state index in [1.165, 1.54) is 0 Å². The molecule has 0 aliphatic rings. The number of hydrogen-bond acceptors (Lipinski definition) is 3. The minimum Gasteiger partial charge on any atom is -0.494 e. The number of benzene rings is 1. The van der Waals surface area contributed by atoms with E-state index in [9.17, 15) is 4.79 Å².